The molecule has 0 aromatic rings. The number of carbonyl (C=O) groups is 1. The number of hydrogen-bond donors (Lipinski definition) is 2. The lowest BCUT2D eigenvalue weighted by Gasteiger charge is -2.28. The Morgan fingerprint density at radius 3 is 2.67 bits per heavy atom. The van der Waals surface area contributed by atoms with Gasteiger partial charge in [0.1, 0.15) is 0 Å². The molecule has 2 rings (SSSR count). The highest BCUT2D eigenvalue weighted by molar-refractivity contribution is 5.77. The molecule has 2 aliphatic carbocycles. The Labute approximate surface area is 111 Å². The van der Waals surface area contributed by atoms with Gasteiger partial charge in [-0.1, -0.05) is 32.6 Å². The largest absolute Gasteiger partial charge is 0.356 e. The van der Waals surface area contributed by atoms with Crippen LogP contribution in [0.15, 0.2) is 0 Å². The first-order valence-corrected chi connectivity index (χ1v) is 7.63. The highest BCUT2D eigenvalue weighted by atomic mass is 16.1. The maximum absolute atomic E-state index is 11.9. The summed E-state index contributed by atoms with van der Waals surface area (Å²) < 4.78 is 0. The predicted molar refractivity (Wildman–Crippen MR) is 74.1 cm³/mol. The van der Waals surface area contributed by atoms with E-state index in [9.17, 15) is 4.79 Å². The van der Waals surface area contributed by atoms with Gasteiger partial charge in [-0.2, -0.15) is 0 Å². The molecular weight excluding hydrogens is 224 g/mol. The van der Waals surface area contributed by atoms with E-state index >= 15 is 0 Å². The molecule has 2 saturated carbocycles. The number of carbonyl (C=O) groups excluding carboxylic acids is 1. The van der Waals surface area contributed by atoms with Crippen LogP contribution in [0.1, 0.15) is 64.7 Å². The molecule has 1 amide bonds. The maximum Gasteiger partial charge on any atom is 0.221 e. The fraction of sp³-hybridized carbons (Fsp3) is 0.933. The molecule has 2 fully saturated rings. The van der Waals surface area contributed by atoms with Gasteiger partial charge in [0.2, 0.25) is 5.91 Å². The van der Waals surface area contributed by atoms with Crippen molar-refractivity contribution in [3.8, 4) is 0 Å². The van der Waals surface area contributed by atoms with E-state index in [0.717, 1.165) is 25.3 Å². The fourth-order valence-electron chi connectivity index (χ4n) is 3.64. The molecule has 0 heterocycles. The van der Waals surface area contributed by atoms with Crippen molar-refractivity contribution in [3.05, 3.63) is 0 Å². The normalized spacial score (nSPS) is 31.2. The fourth-order valence-corrected chi connectivity index (χ4v) is 3.64. The topological polar surface area (TPSA) is 55.1 Å². The molecule has 3 N–H and O–H groups in total. The van der Waals surface area contributed by atoms with Crippen LogP contribution >= 0.6 is 0 Å². The Balaban J connectivity index is 1.68. The molecule has 18 heavy (non-hydrogen) atoms. The molecule has 0 bridgehead atoms. The van der Waals surface area contributed by atoms with E-state index in [2.05, 4.69) is 12.2 Å². The lowest BCUT2D eigenvalue weighted by Crippen LogP contribution is -2.43. The number of nitrogens with one attached hydrogen (secondary N) is 1. The smallest absolute Gasteiger partial charge is 0.221 e. The minimum absolute atomic E-state index is 0.164. The average molecular weight is 252 g/mol. The van der Waals surface area contributed by atoms with Gasteiger partial charge in [0, 0.05) is 18.5 Å². The number of hydrogen-bond acceptors (Lipinski definition) is 2. The Morgan fingerprint density at radius 1 is 1.28 bits per heavy atom. The zero-order valence-corrected chi connectivity index (χ0v) is 11.7. The summed E-state index contributed by atoms with van der Waals surface area (Å²) in [5.41, 5.74) is 6.03. The van der Waals surface area contributed by atoms with Crippen molar-refractivity contribution in [2.75, 3.05) is 6.54 Å². The van der Waals surface area contributed by atoms with Crippen molar-refractivity contribution >= 4 is 5.91 Å². The van der Waals surface area contributed by atoms with Gasteiger partial charge in [-0.05, 0) is 37.5 Å². The summed E-state index contributed by atoms with van der Waals surface area (Å²) in [5.74, 6) is 1.68. The van der Waals surface area contributed by atoms with Crippen LogP contribution in [0.2, 0.25) is 0 Å². The van der Waals surface area contributed by atoms with Crippen molar-refractivity contribution in [1.29, 1.82) is 0 Å². The number of nitrogens with two attached hydrogens (primary N) is 1. The third-order valence-electron chi connectivity index (χ3n) is 4.74. The second-order valence-electron chi connectivity index (χ2n) is 6.69. The van der Waals surface area contributed by atoms with E-state index in [1.807, 2.05) is 0 Å². The van der Waals surface area contributed by atoms with Gasteiger partial charge in [-0.15, -0.1) is 0 Å². The van der Waals surface area contributed by atoms with Crippen LogP contribution in [0.25, 0.3) is 0 Å². The highest BCUT2D eigenvalue weighted by Crippen LogP contribution is 2.30. The Kier molecular flexibility index (Phi) is 4.66. The average Bonchev–Trinajstić information content (AvgIpc) is 2.73. The van der Waals surface area contributed by atoms with E-state index in [-0.39, 0.29) is 11.4 Å². The minimum Gasteiger partial charge on any atom is -0.356 e. The molecule has 3 nitrogen and oxygen atoms in total. The van der Waals surface area contributed by atoms with E-state index in [4.69, 9.17) is 5.73 Å². The van der Waals surface area contributed by atoms with E-state index in [1.165, 1.54) is 38.5 Å². The molecule has 3 heteroatoms. The van der Waals surface area contributed by atoms with E-state index in [0.29, 0.717) is 12.3 Å². The third-order valence-corrected chi connectivity index (χ3v) is 4.74. The molecular formula is C15H28N2O. The number of amides is 1. The van der Waals surface area contributed by atoms with Crippen LogP contribution in [0.5, 0.6) is 0 Å². The maximum atomic E-state index is 11.9. The van der Waals surface area contributed by atoms with Crippen LogP contribution in [0.4, 0.5) is 0 Å². The van der Waals surface area contributed by atoms with E-state index in [1.54, 1.807) is 0 Å². The molecule has 0 radical (unpaired) electrons. The SMILES string of the molecule is CC1CCCC(CNC(=O)CC2(N)CCCC2)C1. The van der Waals surface area contributed by atoms with Crippen molar-refractivity contribution < 1.29 is 4.79 Å². The summed E-state index contributed by atoms with van der Waals surface area (Å²) in [5, 5.41) is 3.11. The molecule has 0 aromatic heterocycles. The standard InChI is InChI=1S/C15H28N2O/c1-12-5-4-6-13(9-12)11-17-14(18)10-15(16)7-2-3-8-15/h12-13H,2-11,16H2,1H3,(H,17,18). The lowest BCUT2D eigenvalue weighted by molar-refractivity contribution is -0.122. The Bertz CT molecular complexity index is 284. The monoisotopic (exact) mass is 252 g/mol. The van der Waals surface area contributed by atoms with Crippen LogP contribution in [0.3, 0.4) is 0 Å². The van der Waals surface area contributed by atoms with Gasteiger partial charge in [0.05, 0.1) is 0 Å². The summed E-state index contributed by atoms with van der Waals surface area (Å²) >= 11 is 0. The van der Waals surface area contributed by atoms with Gasteiger partial charge < -0.3 is 11.1 Å². The van der Waals surface area contributed by atoms with Crippen LogP contribution < -0.4 is 11.1 Å². The number of rotatable bonds is 4. The van der Waals surface area contributed by atoms with Crippen molar-refractivity contribution in [2.45, 2.75) is 70.3 Å². The van der Waals surface area contributed by atoms with Gasteiger partial charge in [-0.3, -0.25) is 4.79 Å². The highest BCUT2D eigenvalue weighted by Gasteiger charge is 2.31. The molecule has 0 aliphatic heterocycles. The van der Waals surface area contributed by atoms with Crippen LogP contribution in [0, 0.1) is 11.8 Å². The molecule has 2 unspecified atom stereocenters. The van der Waals surface area contributed by atoms with Crippen molar-refractivity contribution in [1.82, 2.24) is 5.32 Å². The predicted octanol–water partition coefficient (Wildman–Crippen LogP) is 2.59. The molecule has 2 aliphatic rings. The lowest BCUT2D eigenvalue weighted by atomic mass is 9.82. The second-order valence-corrected chi connectivity index (χ2v) is 6.69. The van der Waals surface area contributed by atoms with Crippen LogP contribution in [-0.2, 0) is 4.79 Å². The summed E-state index contributed by atoms with van der Waals surface area (Å²) in [4.78, 5) is 11.9. The van der Waals surface area contributed by atoms with Gasteiger partial charge in [-0.25, -0.2) is 0 Å². The van der Waals surface area contributed by atoms with E-state index < -0.39 is 0 Å². The molecule has 2 atom stereocenters. The summed E-state index contributed by atoms with van der Waals surface area (Å²) in [6.07, 6.45) is 10.1. The zero-order chi connectivity index (χ0) is 13.0. The third kappa shape index (κ3) is 3.98. The second kappa shape index (κ2) is 6.05. The first-order valence-electron chi connectivity index (χ1n) is 7.63. The van der Waals surface area contributed by atoms with Crippen LogP contribution in [-0.4, -0.2) is 18.0 Å². The van der Waals surface area contributed by atoms with Crippen molar-refractivity contribution in [2.24, 2.45) is 17.6 Å². The van der Waals surface area contributed by atoms with Gasteiger partial charge in [0.15, 0.2) is 0 Å². The van der Waals surface area contributed by atoms with Gasteiger partial charge in [0.25, 0.3) is 0 Å². The first-order chi connectivity index (χ1) is 8.57. The Hall–Kier alpha value is -0.570. The molecule has 0 aromatic carbocycles. The summed E-state index contributed by atoms with van der Waals surface area (Å²) in [6, 6.07) is 0. The molecule has 0 saturated heterocycles. The van der Waals surface area contributed by atoms with Gasteiger partial charge >= 0.3 is 0 Å². The Morgan fingerprint density at radius 2 is 2.00 bits per heavy atom. The minimum atomic E-state index is -0.204. The summed E-state index contributed by atoms with van der Waals surface area (Å²) in [7, 11) is 0. The quantitative estimate of drug-likeness (QED) is 0.808. The van der Waals surface area contributed by atoms with Crippen molar-refractivity contribution in [3.63, 3.8) is 0 Å². The molecule has 0 spiro atoms. The first kappa shape index (κ1) is 13.9. The summed E-state index contributed by atoms with van der Waals surface area (Å²) in [6.45, 7) is 3.18. The molecule has 104 valence electrons. The zero-order valence-electron chi connectivity index (χ0n) is 11.7.